The van der Waals surface area contributed by atoms with Crippen LogP contribution in [0.5, 0.6) is 0 Å². The van der Waals surface area contributed by atoms with Crippen LogP contribution in [0.3, 0.4) is 0 Å². The average Bonchev–Trinajstić information content (AvgIpc) is 3.19. The number of aliphatic carboxylic acids is 1. The second kappa shape index (κ2) is 5.59. The molecule has 1 unspecified atom stereocenters. The Labute approximate surface area is 127 Å². The highest BCUT2D eigenvalue weighted by atomic mass is 16.4. The molecule has 7 heteroatoms. The Morgan fingerprint density at radius 3 is 2.50 bits per heavy atom. The summed E-state index contributed by atoms with van der Waals surface area (Å²) in [4.78, 5) is 25.3. The number of benzene rings is 1. The number of hydrogen-bond acceptors (Lipinski definition) is 4. The lowest BCUT2D eigenvalue weighted by Gasteiger charge is -2.26. The zero-order valence-electron chi connectivity index (χ0n) is 12.1. The monoisotopic (exact) mass is 300 g/mol. The quantitative estimate of drug-likeness (QED) is 0.900. The predicted molar refractivity (Wildman–Crippen MR) is 77.6 cm³/mol. The summed E-state index contributed by atoms with van der Waals surface area (Å²) in [6.45, 7) is 1.54. The first-order chi connectivity index (χ1) is 10.6. The van der Waals surface area contributed by atoms with Crippen molar-refractivity contribution in [3.63, 3.8) is 0 Å². The number of aromatic nitrogens is 3. The fourth-order valence-electron chi connectivity index (χ4n) is 2.38. The van der Waals surface area contributed by atoms with Gasteiger partial charge in [-0.05, 0) is 44.0 Å². The van der Waals surface area contributed by atoms with Crippen LogP contribution in [0.4, 0.5) is 0 Å². The second-order valence-electron chi connectivity index (χ2n) is 5.35. The van der Waals surface area contributed by atoms with Gasteiger partial charge in [0, 0.05) is 11.6 Å². The highest BCUT2D eigenvalue weighted by molar-refractivity contribution is 5.97. The van der Waals surface area contributed by atoms with Crippen LogP contribution in [-0.2, 0) is 4.79 Å². The van der Waals surface area contributed by atoms with Gasteiger partial charge in [-0.2, -0.15) is 0 Å². The zero-order chi connectivity index (χ0) is 15.7. The van der Waals surface area contributed by atoms with Gasteiger partial charge >= 0.3 is 5.97 Å². The molecule has 1 N–H and O–H groups in total. The Bertz CT molecular complexity index is 677. The van der Waals surface area contributed by atoms with E-state index in [2.05, 4.69) is 10.3 Å². The molecule has 2 aromatic rings. The van der Waals surface area contributed by atoms with E-state index < -0.39 is 12.0 Å². The molecule has 1 aromatic heterocycles. The average molecular weight is 300 g/mol. The molecule has 0 aliphatic heterocycles. The molecule has 1 atom stereocenters. The fraction of sp³-hybridized carbons (Fsp3) is 0.333. The Morgan fingerprint density at radius 2 is 2.00 bits per heavy atom. The summed E-state index contributed by atoms with van der Waals surface area (Å²) in [6.07, 6.45) is 5.00. The SMILES string of the molecule is CC(C(=O)O)N(C(=O)c1ccc(-n2ccnn2)cc1)C1CC1. The molecular weight excluding hydrogens is 284 g/mol. The summed E-state index contributed by atoms with van der Waals surface area (Å²) >= 11 is 0. The van der Waals surface area contributed by atoms with Crippen LogP contribution in [0.25, 0.3) is 5.69 Å². The maximum atomic E-state index is 12.6. The summed E-state index contributed by atoms with van der Waals surface area (Å²) in [5.74, 6) is -1.23. The third kappa shape index (κ3) is 2.69. The van der Waals surface area contributed by atoms with Gasteiger partial charge in [0.25, 0.3) is 5.91 Å². The predicted octanol–water partition coefficient (Wildman–Crippen LogP) is 1.35. The highest BCUT2D eigenvalue weighted by Gasteiger charge is 2.38. The standard InChI is InChI=1S/C15H16N4O3/c1-10(15(21)22)19(13-6-7-13)14(20)11-2-4-12(5-3-11)18-9-8-16-17-18/h2-5,8-10,13H,6-7H2,1H3,(H,21,22). The molecule has 0 radical (unpaired) electrons. The van der Waals surface area contributed by atoms with Crippen LogP contribution >= 0.6 is 0 Å². The molecule has 114 valence electrons. The highest BCUT2D eigenvalue weighted by Crippen LogP contribution is 2.30. The number of hydrogen-bond donors (Lipinski definition) is 1. The second-order valence-corrected chi connectivity index (χ2v) is 5.35. The summed E-state index contributed by atoms with van der Waals surface area (Å²) in [6, 6.07) is 6.10. The molecular formula is C15H16N4O3. The van der Waals surface area contributed by atoms with Gasteiger partial charge < -0.3 is 10.0 Å². The number of carboxylic acid groups (broad SMARTS) is 1. The molecule has 22 heavy (non-hydrogen) atoms. The summed E-state index contributed by atoms with van der Waals surface area (Å²) in [5.41, 5.74) is 1.27. The van der Waals surface area contributed by atoms with Gasteiger partial charge in [-0.1, -0.05) is 5.21 Å². The Hall–Kier alpha value is -2.70. The van der Waals surface area contributed by atoms with Gasteiger partial charge in [-0.3, -0.25) is 4.79 Å². The van der Waals surface area contributed by atoms with E-state index in [-0.39, 0.29) is 11.9 Å². The summed E-state index contributed by atoms with van der Waals surface area (Å²) in [7, 11) is 0. The van der Waals surface area contributed by atoms with Crippen molar-refractivity contribution in [1.82, 2.24) is 19.9 Å². The Morgan fingerprint density at radius 1 is 1.32 bits per heavy atom. The number of rotatable bonds is 5. The van der Waals surface area contributed by atoms with Crippen LogP contribution in [0.15, 0.2) is 36.7 Å². The molecule has 1 saturated carbocycles. The lowest BCUT2D eigenvalue weighted by Crippen LogP contribution is -2.44. The molecule has 7 nitrogen and oxygen atoms in total. The van der Waals surface area contributed by atoms with Crippen LogP contribution in [0.2, 0.25) is 0 Å². The van der Waals surface area contributed by atoms with E-state index in [4.69, 9.17) is 0 Å². The number of nitrogens with zero attached hydrogens (tertiary/aromatic N) is 4. The molecule has 1 aliphatic carbocycles. The molecule has 1 fully saturated rings. The minimum absolute atomic E-state index is 0.0357. The van der Waals surface area contributed by atoms with Crippen LogP contribution in [-0.4, -0.2) is 49.0 Å². The lowest BCUT2D eigenvalue weighted by atomic mass is 10.1. The summed E-state index contributed by atoms with van der Waals surface area (Å²) < 4.78 is 1.59. The van der Waals surface area contributed by atoms with Gasteiger partial charge in [0.15, 0.2) is 0 Å². The number of carboxylic acids is 1. The van der Waals surface area contributed by atoms with E-state index in [0.29, 0.717) is 5.56 Å². The lowest BCUT2D eigenvalue weighted by molar-refractivity contribution is -0.141. The molecule has 1 amide bonds. The Kier molecular flexibility index (Phi) is 3.62. The maximum Gasteiger partial charge on any atom is 0.326 e. The Balaban J connectivity index is 1.83. The van der Waals surface area contributed by atoms with Gasteiger partial charge in [-0.25, -0.2) is 9.48 Å². The van der Waals surface area contributed by atoms with Gasteiger partial charge in [0.05, 0.1) is 18.1 Å². The normalized spacial score (nSPS) is 15.3. The largest absolute Gasteiger partial charge is 0.480 e. The van der Waals surface area contributed by atoms with Crippen molar-refractivity contribution in [3.8, 4) is 5.69 Å². The minimum atomic E-state index is -0.987. The first-order valence-electron chi connectivity index (χ1n) is 7.10. The summed E-state index contributed by atoms with van der Waals surface area (Å²) in [5, 5.41) is 16.8. The van der Waals surface area contributed by atoms with Crippen molar-refractivity contribution >= 4 is 11.9 Å². The van der Waals surface area contributed by atoms with Crippen molar-refractivity contribution in [3.05, 3.63) is 42.2 Å². The van der Waals surface area contributed by atoms with Gasteiger partial charge in [0.1, 0.15) is 6.04 Å². The molecule has 3 rings (SSSR count). The van der Waals surface area contributed by atoms with Crippen molar-refractivity contribution in [2.24, 2.45) is 0 Å². The van der Waals surface area contributed by atoms with Crippen molar-refractivity contribution in [1.29, 1.82) is 0 Å². The minimum Gasteiger partial charge on any atom is -0.480 e. The maximum absolute atomic E-state index is 12.6. The first kappa shape index (κ1) is 14.2. The molecule has 0 saturated heterocycles. The van der Waals surface area contributed by atoms with E-state index in [1.165, 1.54) is 4.90 Å². The fourth-order valence-corrected chi connectivity index (χ4v) is 2.38. The smallest absolute Gasteiger partial charge is 0.326 e. The van der Waals surface area contributed by atoms with E-state index in [0.717, 1.165) is 18.5 Å². The molecule has 1 aliphatic rings. The number of carbonyl (C=O) groups is 2. The number of carbonyl (C=O) groups excluding carboxylic acids is 1. The number of amides is 1. The molecule has 1 heterocycles. The zero-order valence-corrected chi connectivity index (χ0v) is 12.1. The van der Waals surface area contributed by atoms with E-state index in [1.807, 2.05) is 0 Å². The van der Waals surface area contributed by atoms with Gasteiger partial charge in [-0.15, -0.1) is 5.10 Å². The van der Waals surface area contributed by atoms with Crippen LogP contribution in [0.1, 0.15) is 30.1 Å². The molecule has 0 bridgehead atoms. The van der Waals surface area contributed by atoms with Crippen molar-refractivity contribution in [2.45, 2.75) is 31.8 Å². The van der Waals surface area contributed by atoms with E-state index in [1.54, 1.807) is 48.3 Å². The molecule has 1 aromatic carbocycles. The molecule has 0 spiro atoms. The van der Waals surface area contributed by atoms with Crippen molar-refractivity contribution in [2.75, 3.05) is 0 Å². The third-order valence-corrected chi connectivity index (χ3v) is 3.75. The van der Waals surface area contributed by atoms with Gasteiger partial charge in [0.2, 0.25) is 0 Å². The third-order valence-electron chi connectivity index (χ3n) is 3.75. The first-order valence-corrected chi connectivity index (χ1v) is 7.10. The van der Waals surface area contributed by atoms with Crippen LogP contribution in [0, 0.1) is 0 Å². The topological polar surface area (TPSA) is 88.3 Å². The van der Waals surface area contributed by atoms with Crippen molar-refractivity contribution < 1.29 is 14.7 Å². The van der Waals surface area contributed by atoms with E-state index in [9.17, 15) is 14.7 Å². The van der Waals surface area contributed by atoms with Crippen LogP contribution < -0.4 is 0 Å². The van der Waals surface area contributed by atoms with E-state index >= 15 is 0 Å².